The molecule has 1 aromatic heterocycles. The number of aromatic nitrogens is 3. The summed E-state index contributed by atoms with van der Waals surface area (Å²) in [6.45, 7) is 5.20. The molecule has 0 aliphatic heterocycles. The van der Waals surface area contributed by atoms with E-state index < -0.39 is 0 Å². The lowest BCUT2D eigenvalue weighted by Crippen LogP contribution is -2.16. The van der Waals surface area contributed by atoms with Crippen LogP contribution in [0.15, 0.2) is 6.20 Å². The molecular formula is C8H16N4. The molecular weight excluding hydrogens is 152 g/mol. The second-order valence-electron chi connectivity index (χ2n) is 2.77. The highest BCUT2D eigenvalue weighted by atomic mass is 15.6. The summed E-state index contributed by atoms with van der Waals surface area (Å²) in [7, 11) is 0. The number of hydrogen-bond donors (Lipinski definition) is 1. The smallest absolute Gasteiger partial charge is 0.0846 e. The molecule has 1 rings (SSSR count). The summed E-state index contributed by atoms with van der Waals surface area (Å²) in [4.78, 5) is 1.69. The average Bonchev–Trinajstić information content (AvgIpc) is 2.53. The fourth-order valence-corrected chi connectivity index (χ4v) is 0.908. The summed E-state index contributed by atoms with van der Waals surface area (Å²) in [5, 5.41) is 7.88. The van der Waals surface area contributed by atoms with Gasteiger partial charge in [-0.3, -0.25) is 0 Å². The van der Waals surface area contributed by atoms with Gasteiger partial charge in [0.1, 0.15) is 0 Å². The highest BCUT2D eigenvalue weighted by Gasteiger charge is 1.95. The number of nitrogens with one attached hydrogen (secondary N) is 1. The largest absolute Gasteiger partial charge is 0.309 e. The van der Waals surface area contributed by atoms with E-state index in [0.29, 0.717) is 0 Å². The van der Waals surface area contributed by atoms with Gasteiger partial charge in [-0.25, -0.2) is 0 Å². The Labute approximate surface area is 72.9 Å². The topological polar surface area (TPSA) is 42.7 Å². The molecule has 12 heavy (non-hydrogen) atoms. The molecule has 0 unspecified atom stereocenters. The van der Waals surface area contributed by atoms with Crippen LogP contribution in [0.2, 0.25) is 0 Å². The Morgan fingerprint density at radius 3 is 2.92 bits per heavy atom. The van der Waals surface area contributed by atoms with Crippen molar-refractivity contribution in [3.05, 3.63) is 11.9 Å². The van der Waals surface area contributed by atoms with Crippen LogP contribution in [0, 0.1) is 0 Å². The van der Waals surface area contributed by atoms with Crippen molar-refractivity contribution in [3.8, 4) is 0 Å². The van der Waals surface area contributed by atoms with Crippen molar-refractivity contribution in [2.75, 3.05) is 12.0 Å². The minimum Gasteiger partial charge on any atom is -0.309 e. The fourth-order valence-electron chi connectivity index (χ4n) is 0.908. The van der Waals surface area contributed by atoms with Crippen LogP contribution in [-0.2, 0) is 6.42 Å². The molecule has 0 saturated heterocycles. The molecule has 0 saturated carbocycles. The normalized spacial score (nSPS) is 10.2. The average molecular weight is 168 g/mol. The van der Waals surface area contributed by atoms with Gasteiger partial charge in [-0.15, -0.1) is 5.10 Å². The Bertz CT molecular complexity index is 219. The van der Waals surface area contributed by atoms with Crippen molar-refractivity contribution in [1.82, 2.24) is 15.1 Å². The van der Waals surface area contributed by atoms with Crippen molar-refractivity contribution in [2.45, 2.75) is 33.1 Å². The Morgan fingerprint density at radius 1 is 1.50 bits per heavy atom. The summed E-state index contributed by atoms with van der Waals surface area (Å²) in [6.07, 6.45) is 5.23. The van der Waals surface area contributed by atoms with E-state index in [1.54, 1.807) is 4.79 Å². The van der Waals surface area contributed by atoms with Crippen LogP contribution in [-0.4, -0.2) is 21.6 Å². The minimum atomic E-state index is 0.940. The molecule has 0 spiro atoms. The number of hydrogen-bond acceptors (Lipinski definition) is 3. The maximum atomic E-state index is 3.96. The van der Waals surface area contributed by atoms with Crippen molar-refractivity contribution in [3.63, 3.8) is 0 Å². The Balaban J connectivity index is 2.31. The molecule has 4 nitrogen and oxygen atoms in total. The quantitative estimate of drug-likeness (QED) is 0.671. The highest BCUT2D eigenvalue weighted by molar-refractivity contribution is 4.92. The zero-order valence-electron chi connectivity index (χ0n) is 7.75. The molecule has 0 aromatic carbocycles. The molecule has 0 aliphatic carbocycles. The molecule has 1 heterocycles. The SMILES string of the molecule is CCCCNn1cc(CC)nn1. The van der Waals surface area contributed by atoms with Crippen molar-refractivity contribution >= 4 is 0 Å². The van der Waals surface area contributed by atoms with Crippen LogP contribution >= 0.6 is 0 Å². The van der Waals surface area contributed by atoms with Gasteiger partial charge in [0, 0.05) is 6.54 Å². The van der Waals surface area contributed by atoms with Crippen molar-refractivity contribution in [2.24, 2.45) is 0 Å². The lowest BCUT2D eigenvalue weighted by molar-refractivity contribution is 0.665. The Kier molecular flexibility index (Phi) is 3.57. The van der Waals surface area contributed by atoms with Gasteiger partial charge in [0.2, 0.25) is 0 Å². The Morgan fingerprint density at radius 2 is 2.33 bits per heavy atom. The second kappa shape index (κ2) is 4.74. The first-order chi connectivity index (χ1) is 5.86. The molecule has 4 heteroatoms. The van der Waals surface area contributed by atoms with Gasteiger partial charge in [-0.05, 0) is 18.1 Å². The maximum absolute atomic E-state index is 3.96. The van der Waals surface area contributed by atoms with Crippen LogP contribution in [0.3, 0.4) is 0 Å². The molecule has 0 radical (unpaired) electrons. The molecule has 0 atom stereocenters. The van der Waals surface area contributed by atoms with Crippen LogP contribution in [0.4, 0.5) is 0 Å². The first-order valence-corrected chi connectivity index (χ1v) is 4.52. The van der Waals surface area contributed by atoms with Gasteiger partial charge in [0.15, 0.2) is 0 Å². The van der Waals surface area contributed by atoms with Crippen molar-refractivity contribution < 1.29 is 0 Å². The third-order valence-electron chi connectivity index (χ3n) is 1.71. The van der Waals surface area contributed by atoms with Gasteiger partial charge >= 0.3 is 0 Å². The third-order valence-corrected chi connectivity index (χ3v) is 1.71. The predicted molar refractivity (Wildman–Crippen MR) is 48.5 cm³/mol. The van der Waals surface area contributed by atoms with E-state index >= 15 is 0 Å². The van der Waals surface area contributed by atoms with Crippen LogP contribution in [0.1, 0.15) is 32.4 Å². The van der Waals surface area contributed by atoms with Crippen LogP contribution in [0.25, 0.3) is 0 Å². The molecule has 0 fully saturated rings. The Hall–Kier alpha value is -1.06. The monoisotopic (exact) mass is 168 g/mol. The fraction of sp³-hybridized carbons (Fsp3) is 0.750. The summed E-state index contributed by atoms with van der Waals surface area (Å²) in [5.74, 6) is 0. The van der Waals surface area contributed by atoms with E-state index in [9.17, 15) is 0 Å². The van der Waals surface area contributed by atoms with Gasteiger partial charge in [-0.1, -0.05) is 20.3 Å². The van der Waals surface area contributed by atoms with Crippen molar-refractivity contribution in [1.29, 1.82) is 0 Å². The van der Waals surface area contributed by atoms with Gasteiger partial charge in [-0.2, -0.15) is 4.79 Å². The van der Waals surface area contributed by atoms with E-state index in [-0.39, 0.29) is 0 Å². The third kappa shape index (κ3) is 2.53. The summed E-state index contributed by atoms with van der Waals surface area (Å²) < 4.78 is 0. The lowest BCUT2D eigenvalue weighted by Gasteiger charge is -2.01. The standard InChI is InChI=1S/C8H16N4/c1-3-5-6-9-12-7-8(4-2)10-11-12/h7,9H,3-6H2,1-2H3. The molecule has 0 bridgehead atoms. The lowest BCUT2D eigenvalue weighted by atomic mass is 10.3. The maximum Gasteiger partial charge on any atom is 0.0846 e. The van der Waals surface area contributed by atoms with Crippen LogP contribution < -0.4 is 5.43 Å². The molecule has 0 aliphatic rings. The molecule has 1 N–H and O–H groups in total. The number of unbranched alkanes of at least 4 members (excludes halogenated alkanes) is 1. The number of rotatable bonds is 5. The highest BCUT2D eigenvalue weighted by Crippen LogP contribution is 1.91. The zero-order valence-corrected chi connectivity index (χ0v) is 7.75. The molecule has 1 aromatic rings. The van der Waals surface area contributed by atoms with E-state index in [1.807, 2.05) is 6.20 Å². The summed E-state index contributed by atoms with van der Waals surface area (Å²) >= 11 is 0. The minimum absolute atomic E-state index is 0.940. The summed E-state index contributed by atoms with van der Waals surface area (Å²) in [5.41, 5.74) is 4.17. The number of aryl methyl sites for hydroxylation is 1. The molecule has 0 amide bonds. The van der Waals surface area contributed by atoms with Gasteiger partial charge in [0.25, 0.3) is 0 Å². The van der Waals surface area contributed by atoms with Gasteiger partial charge in [0.05, 0.1) is 11.9 Å². The zero-order chi connectivity index (χ0) is 8.81. The van der Waals surface area contributed by atoms with E-state index in [1.165, 1.54) is 12.8 Å². The first-order valence-electron chi connectivity index (χ1n) is 4.52. The van der Waals surface area contributed by atoms with E-state index in [2.05, 4.69) is 29.6 Å². The second-order valence-corrected chi connectivity index (χ2v) is 2.77. The predicted octanol–water partition coefficient (Wildman–Crippen LogP) is 1.18. The number of nitrogens with zero attached hydrogens (tertiary/aromatic N) is 3. The van der Waals surface area contributed by atoms with E-state index in [4.69, 9.17) is 0 Å². The molecule has 68 valence electrons. The van der Waals surface area contributed by atoms with Crippen LogP contribution in [0.5, 0.6) is 0 Å². The summed E-state index contributed by atoms with van der Waals surface area (Å²) in [6, 6.07) is 0. The van der Waals surface area contributed by atoms with Gasteiger partial charge < -0.3 is 5.43 Å². The first kappa shape index (κ1) is 9.03. The van der Waals surface area contributed by atoms with E-state index in [0.717, 1.165) is 18.7 Å².